The summed E-state index contributed by atoms with van der Waals surface area (Å²) in [6.07, 6.45) is 1.01. The molecule has 0 saturated heterocycles. The first-order valence-corrected chi connectivity index (χ1v) is 10.2. The molecule has 0 aliphatic rings. The highest BCUT2D eigenvalue weighted by atomic mass is 35.5. The lowest BCUT2D eigenvalue weighted by atomic mass is 10.1. The summed E-state index contributed by atoms with van der Waals surface area (Å²) in [6.45, 7) is 5.97. The minimum Gasteiger partial charge on any atom is -0.497 e. The summed E-state index contributed by atoms with van der Waals surface area (Å²) >= 11 is 6.31. The molecule has 2 amide bonds. The Balaban J connectivity index is 2.23. The van der Waals surface area contributed by atoms with Crippen LogP contribution >= 0.6 is 11.6 Å². The molecule has 0 bridgehead atoms. The largest absolute Gasteiger partial charge is 0.497 e. The zero-order valence-corrected chi connectivity index (χ0v) is 18.2. The maximum absolute atomic E-state index is 13.2. The van der Waals surface area contributed by atoms with Crippen LogP contribution in [0.15, 0.2) is 48.5 Å². The molecule has 0 aromatic heterocycles. The van der Waals surface area contributed by atoms with Gasteiger partial charge in [-0.05, 0) is 49.6 Å². The van der Waals surface area contributed by atoms with Gasteiger partial charge in [-0.1, -0.05) is 48.9 Å². The fourth-order valence-corrected chi connectivity index (χ4v) is 3.07. The molecule has 2 rings (SSSR count). The molecule has 0 radical (unpaired) electrons. The minimum atomic E-state index is -0.619. The van der Waals surface area contributed by atoms with Gasteiger partial charge in [-0.25, -0.2) is 0 Å². The number of nitrogens with one attached hydrogen (secondary N) is 1. The van der Waals surface area contributed by atoms with Gasteiger partial charge in [-0.3, -0.25) is 9.59 Å². The van der Waals surface area contributed by atoms with Crippen LogP contribution in [0, 0.1) is 0 Å². The number of methoxy groups -OCH3 is 1. The van der Waals surface area contributed by atoms with E-state index in [4.69, 9.17) is 16.3 Å². The Hall–Kier alpha value is -2.53. The molecule has 2 atom stereocenters. The van der Waals surface area contributed by atoms with Gasteiger partial charge < -0.3 is 15.0 Å². The van der Waals surface area contributed by atoms with Crippen molar-refractivity contribution in [3.8, 4) is 5.75 Å². The predicted molar refractivity (Wildman–Crippen MR) is 116 cm³/mol. The number of halogens is 1. The maximum atomic E-state index is 13.2. The van der Waals surface area contributed by atoms with Gasteiger partial charge in [0.05, 0.1) is 13.5 Å². The average molecular weight is 417 g/mol. The second kappa shape index (κ2) is 10.9. The smallest absolute Gasteiger partial charge is 0.242 e. The summed E-state index contributed by atoms with van der Waals surface area (Å²) in [7, 11) is 1.60. The summed E-state index contributed by atoms with van der Waals surface area (Å²) in [5.74, 6) is 0.423. The summed E-state index contributed by atoms with van der Waals surface area (Å²) in [4.78, 5) is 27.5. The van der Waals surface area contributed by atoms with Crippen LogP contribution < -0.4 is 10.1 Å². The van der Waals surface area contributed by atoms with Crippen molar-refractivity contribution in [1.29, 1.82) is 0 Å². The van der Waals surface area contributed by atoms with Crippen LogP contribution in [0.25, 0.3) is 0 Å². The summed E-state index contributed by atoms with van der Waals surface area (Å²) in [5.41, 5.74) is 1.66. The number of hydrogen-bond acceptors (Lipinski definition) is 3. The first kappa shape index (κ1) is 22.8. The zero-order valence-electron chi connectivity index (χ0n) is 17.4. The monoisotopic (exact) mass is 416 g/mol. The topological polar surface area (TPSA) is 58.6 Å². The molecule has 5 nitrogen and oxygen atoms in total. The van der Waals surface area contributed by atoms with Gasteiger partial charge in [0.25, 0.3) is 0 Å². The highest BCUT2D eigenvalue weighted by Gasteiger charge is 2.27. The van der Waals surface area contributed by atoms with E-state index in [1.165, 1.54) is 0 Å². The average Bonchev–Trinajstić information content (AvgIpc) is 2.72. The van der Waals surface area contributed by atoms with Gasteiger partial charge in [0.1, 0.15) is 11.8 Å². The van der Waals surface area contributed by atoms with Crippen LogP contribution in [0.5, 0.6) is 5.75 Å². The van der Waals surface area contributed by atoms with Crippen LogP contribution in [0.1, 0.15) is 38.3 Å². The molecule has 156 valence electrons. The predicted octanol–water partition coefficient (Wildman–Crippen LogP) is 4.22. The highest BCUT2D eigenvalue weighted by Crippen LogP contribution is 2.20. The van der Waals surface area contributed by atoms with E-state index in [2.05, 4.69) is 5.32 Å². The Kier molecular flexibility index (Phi) is 8.52. The van der Waals surface area contributed by atoms with Gasteiger partial charge in [0.2, 0.25) is 11.8 Å². The van der Waals surface area contributed by atoms with Crippen molar-refractivity contribution in [3.05, 3.63) is 64.7 Å². The zero-order chi connectivity index (χ0) is 21.4. The van der Waals surface area contributed by atoms with E-state index in [9.17, 15) is 9.59 Å². The van der Waals surface area contributed by atoms with Crippen molar-refractivity contribution >= 4 is 23.4 Å². The standard InChI is InChI=1S/C23H29ClN2O3/c1-5-16(2)25-23(28)17(3)26(15-19-8-6-7-9-21(19)24)22(27)14-18-10-12-20(29-4)13-11-18/h6-13,16-17H,5,14-15H2,1-4H3,(H,25,28)/t16-,17+/m1/s1. The number of amides is 2. The van der Waals surface area contributed by atoms with E-state index in [1.54, 1.807) is 25.0 Å². The van der Waals surface area contributed by atoms with E-state index in [0.717, 1.165) is 23.3 Å². The Morgan fingerprint density at radius 2 is 1.76 bits per heavy atom. The van der Waals surface area contributed by atoms with Crippen molar-refractivity contribution < 1.29 is 14.3 Å². The van der Waals surface area contributed by atoms with Crippen LogP contribution in [0.4, 0.5) is 0 Å². The van der Waals surface area contributed by atoms with E-state index in [0.29, 0.717) is 5.02 Å². The molecule has 0 aliphatic heterocycles. The second-order valence-electron chi connectivity index (χ2n) is 7.13. The fourth-order valence-electron chi connectivity index (χ4n) is 2.88. The normalized spacial score (nSPS) is 12.7. The molecular weight excluding hydrogens is 388 g/mol. The Morgan fingerprint density at radius 1 is 1.10 bits per heavy atom. The maximum Gasteiger partial charge on any atom is 0.242 e. The van der Waals surface area contributed by atoms with Gasteiger partial charge in [-0.2, -0.15) is 0 Å². The molecule has 2 aromatic rings. The summed E-state index contributed by atoms with van der Waals surface area (Å²) in [5, 5.41) is 3.54. The van der Waals surface area contributed by atoms with Gasteiger partial charge >= 0.3 is 0 Å². The van der Waals surface area contributed by atoms with Crippen molar-refractivity contribution in [2.75, 3.05) is 7.11 Å². The van der Waals surface area contributed by atoms with Crippen molar-refractivity contribution in [2.24, 2.45) is 0 Å². The number of benzene rings is 2. The SMILES string of the molecule is CC[C@@H](C)NC(=O)[C@H](C)N(Cc1ccccc1Cl)C(=O)Cc1ccc(OC)cc1. The van der Waals surface area contributed by atoms with Crippen molar-refractivity contribution in [3.63, 3.8) is 0 Å². The fraction of sp³-hybridized carbons (Fsp3) is 0.391. The lowest BCUT2D eigenvalue weighted by Gasteiger charge is -2.30. The molecule has 2 aromatic carbocycles. The molecule has 0 heterocycles. The van der Waals surface area contributed by atoms with E-state index in [1.807, 2.05) is 56.3 Å². The molecule has 0 saturated carbocycles. The van der Waals surface area contributed by atoms with Crippen molar-refractivity contribution in [1.82, 2.24) is 10.2 Å². The van der Waals surface area contributed by atoms with Crippen LogP contribution in [0.2, 0.25) is 5.02 Å². The van der Waals surface area contributed by atoms with Crippen molar-refractivity contribution in [2.45, 2.75) is 52.2 Å². The van der Waals surface area contributed by atoms with Gasteiger partial charge in [0, 0.05) is 17.6 Å². The number of rotatable bonds is 9. The third-order valence-corrected chi connectivity index (χ3v) is 5.35. The number of carbonyl (C=O) groups is 2. The molecule has 1 N–H and O–H groups in total. The van der Waals surface area contributed by atoms with Crippen LogP contribution in [0.3, 0.4) is 0 Å². The highest BCUT2D eigenvalue weighted by molar-refractivity contribution is 6.31. The number of carbonyl (C=O) groups excluding carboxylic acids is 2. The third kappa shape index (κ3) is 6.50. The van der Waals surface area contributed by atoms with E-state index >= 15 is 0 Å². The molecule has 29 heavy (non-hydrogen) atoms. The number of ether oxygens (including phenoxy) is 1. The van der Waals surface area contributed by atoms with E-state index < -0.39 is 6.04 Å². The molecule has 0 spiro atoms. The van der Waals surface area contributed by atoms with Gasteiger partial charge in [0.15, 0.2) is 0 Å². The molecule has 6 heteroatoms. The second-order valence-corrected chi connectivity index (χ2v) is 7.54. The Morgan fingerprint density at radius 3 is 2.34 bits per heavy atom. The van der Waals surface area contributed by atoms with Crippen LogP contribution in [-0.2, 0) is 22.6 Å². The van der Waals surface area contributed by atoms with Crippen LogP contribution in [-0.4, -0.2) is 35.9 Å². The Labute approximate surface area is 178 Å². The lowest BCUT2D eigenvalue weighted by Crippen LogP contribution is -2.49. The molecule has 0 unspecified atom stereocenters. The van der Waals surface area contributed by atoms with Gasteiger partial charge in [-0.15, -0.1) is 0 Å². The molecule has 0 aliphatic carbocycles. The Bertz CT molecular complexity index is 823. The summed E-state index contributed by atoms with van der Waals surface area (Å²) in [6, 6.07) is 14.1. The quantitative estimate of drug-likeness (QED) is 0.665. The summed E-state index contributed by atoms with van der Waals surface area (Å²) < 4.78 is 5.17. The molecule has 0 fully saturated rings. The third-order valence-electron chi connectivity index (χ3n) is 4.98. The first-order valence-electron chi connectivity index (χ1n) is 9.81. The minimum absolute atomic E-state index is 0.0452. The van der Waals surface area contributed by atoms with E-state index in [-0.39, 0.29) is 30.8 Å². The number of nitrogens with zero attached hydrogens (tertiary/aromatic N) is 1. The molecular formula is C23H29ClN2O3. The lowest BCUT2D eigenvalue weighted by molar-refractivity contribution is -0.140. The number of hydrogen-bond donors (Lipinski definition) is 1. The first-order chi connectivity index (χ1) is 13.8.